The number of phenolic OH excluding ortho intramolecular Hbond substituents is 1. The molecular weight excluding hydrogens is 424 g/mol. The number of aromatic hydroxyl groups is 1. The van der Waals surface area contributed by atoms with Crippen molar-refractivity contribution in [1.82, 2.24) is 4.98 Å². The molecule has 4 aromatic rings. The van der Waals surface area contributed by atoms with Gasteiger partial charge in [0.15, 0.2) is 0 Å². The first-order chi connectivity index (χ1) is 15.7. The van der Waals surface area contributed by atoms with Crippen LogP contribution in [0.1, 0.15) is 33.8 Å². The SMILES string of the molecule is CCOCCOC(=O)c1cccc(NC(c2cccs2)c2ccc3cccnc3c2O)c1. The second kappa shape index (κ2) is 10.3. The predicted molar refractivity (Wildman–Crippen MR) is 126 cm³/mol. The molecule has 0 fully saturated rings. The van der Waals surface area contributed by atoms with Gasteiger partial charge in [-0.15, -0.1) is 11.3 Å². The van der Waals surface area contributed by atoms with Crippen LogP contribution in [0, 0.1) is 0 Å². The molecule has 0 saturated carbocycles. The van der Waals surface area contributed by atoms with E-state index in [9.17, 15) is 9.90 Å². The van der Waals surface area contributed by atoms with Gasteiger partial charge in [0.1, 0.15) is 17.9 Å². The standard InChI is InChI=1S/C25H24N2O4S/c1-2-30-13-14-31-25(29)18-6-3-8-19(16-18)27-23(21-9-5-15-32-21)20-11-10-17-7-4-12-26-22(17)24(20)28/h3-12,15-16,23,27-28H,2,13-14H2,1H3. The third-order valence-corrected chi connectivity index (χ3v) is 5.93. The highest BCUT2D eigenvalue weighted by atomic mass is 32.1. The maximum atomic E-state index is 12.4. The van der Waals surface area contributed by atoms with E-state index in [4.69, 9.17) is 9.47 Å². The molecular formula is C25H24N2O4S. The molecule has 0 amide bonds. The Kier molecular flexibility index (Phi) is 6.99. The zero-order valence-corrected chi connectivity index (χ0v) is 18.5. The lowest BCUT2D eigenvalue weighted by atomic mass is 10.0. The predicted octanol–water partition coefficient (Wildman–Crippen LogP) is 5.40. The number of aromatic nitrogens is 1. The Bertz CT molecular complexity index is 1190. The highest BCUT2D eigenvalue weighted by Crippen LogP contribution is 2.38. The molecule has 32 heavy (non-hydrogen) atoms. The summed E-state index contributed by atoms with van der Waals surface area (Å²) in [5, 5.41) is 17.3. The maximum absolute atomic E-state index is 12.4. The number of phenols is 1. The van der Waals surface area contributed by atoms with Crippen LogP contribution in [0.15, 0.2) is 72.2 Å². The van der Waals surface area contributed by atoms with Gasteiger partial charge in [-0.1, -0.05) is 30.3 Å². The molecule has 2 aromatic carbocycles. The van der Waals surface area contributed by atoms with Gasteiger partial charge >= 0.3 is 5.97 Å². The Morgan fingerprint density at radius 2 is 2.03 bits per heavy atom. The first-order valence-electron chi connectivity index (χ1n) is 10.4. The van der Waals surface area contributed by atoms with Gasteiger partial charge in [0.2, 0.25) is 0 Å². The fourth-order valence-electron chi connectivity index (χ4n) is 3.46. The number of esters is 1. The van der Waals surface area contributed by atoms with E-state index >= 15 is 0 Å². The van der Waals surface area contributed by atoms with Crippen LogP contribution >= 0.6 is 11.3 Å². The van der Waals surface area contributed by atoms with Gasteiger partial charge in [0.25, 0.3) is 0 Å². The number of nitrogens with one attached hydrogen (secondary N) is 1. The molecule has 2 N–H and O–H groups in total. The second-order valence-electron chi connectivity index (χ2n) is 7.08. The Morgan fingerprint density at radius 3 is 2.84 bits per heavy atom. The normalized spacial score (nSPS) is 11.9. The molecule has 0 radical (unpaired) electrons. The first kappa shape index (κ1) is 21.8. The van der Waals surface area contributed by atoms with E-state index in [1.54, 1.807) is 35.7 Å². The zero-order chi connectivity index (χ0) is 22.3. The second-order valence-corrected chi connectivity index (χ2v) is 8.06. The summed E-state index contributed by atoms with van der Waals surface area (Å²) in [5.74, 6) is -0.265. The number of nitrogens with zero attached hydrogens (tertiary/aromatic N) is 1. The third-order valence-electron chi connectivity index (χ3n) is 4.99. The minimum Gasteiger partial charge on any atom is -0.505 e. The molecule has 0 saturated heterocycles. The van der Waals surface area contributed by atoms with Crippen LogP contribution in [-0.4, -0.2) is 35.9 Å². The van der Waals surface area contributed by atoms with Crippen LogP contribution in [0.5, 0.6) is 5.75 Å². The quantitative estimate of drug-likeness (QED) is 0.264. The summed E-state index contributed by atoms with van der Waals surface area (Å²) in [4.78, 5) is 17.8. The fourth-order valence-corrected chi connectivity index (χ4v) is 4.25. The summed E-state index contributed by atoms with van der Waals surface area (Å²) in [7, 11) is 0. The van der Waals surface area contributed by atoms with Crippen molar-refractivity contribution in [3.8, 4) is 5.75 Å². The van der Waals surface area contributed by atoms with Crippen molar-refractivity contribution in [2.45, 2.75) is 13.0 Å². The molecule has 0 aliphatic carbocycles. The Hall–Kier alpha value is -3.42. The van der Waals surface area contributed by atoms with Gasteiger partial charge < -0.3 is 19.9 Å². The molecule has 6 nitrogen and oxygen atoms in total. The van der Waals surface area contributed by atoms with Crippen LogP contribution < -0.4 is 5.32 Å². The highest BCUT2D eigenvalue weighted by Gasteiger charge is 2.21. The van der Waals surface area contributed by atoms with E-state index in [1.807, 2.05) is 54.8 Å². The minimum atomic E-state index is -0.404. The summed E-state index contributed by atoms with van der Waals surface area (Å²) in [6.07, 6.45) is 1.67. The number of hydrogen-bond acceptors (Lipinski definition) is 7. The number of anilines is 1. The summed E-state index contributed by atoms with van der Waals surface area (Å²) < 4.78 is 10.5. The van der Waals surface area contributed by atoms with E-state index < -0.39 is 5.97 Å². The lowest BCUT2D eigenvalue weighted by Gasteiger charge is -2.21. The maximum Gasteiger partial charge on any atom is 0.338 e. The number of rotatable bonds is 9. The molecule has 2 aromatic heterocycles. The van der Waals surface area contributed by atoms with Crippen LogP contribution in [0.4, 0.5) is 5.69 Å². The molecule has 1 unspecified atom stereocenters. The largest absolute Gasteiger partial charge is 0.505 e. The van der Waals surface area contributed by atoms with Crippen LogP contribution in [0.2, 0.25) is 0 Å². The van der Waals surface area contributed by atoms with E-state index in [2.05, 4.69) is 10.3 Å². The van der Waals surface area contributed by atoms with E-state index in [-0.39, 0.29) is 18.4 Å². The Balaban J connectivity index is 1.62. The van der Waals surface area contributed by atoms with E-state index in [0.29, 0.717) is 29.9 Å². The Morgan fingerprint density at radius 1 is 1.12 bits per heavy atom. The molecule has 4 rings (SSSR count). The molecule has 164 valence electrons. The van der Waals surface area contributed by atoms with Crippen LogP contribution in [0.25, 0.3) is 10.9 Å². The van der Waals surface area contributed by atoms with Gasteiger partial charge in [-0.25, -0.2) is 4.79 Å². The molecule has 1 atom stereocenters. The van der Waals surface area contributed by atoms with Gasteiger partial charge in [0.05, 0.1) is 18.2 Å². The van der Waals surface area contributed by atoms with Crippen LogP contribution in [0.3, 0.4) is 0 Å². The van der Waals surface area contributed by atoms with Crippen molar-refractivity contribution in [1.29, 1.82) is 0 Å². The molecule has 7 heteroatoms. The number of carbonyl (C=O) groups excluding carboxylic acids is 1. The Labute approximate surface area is 190 Å². The van der Waals surface area contributed by atoms with Gasteiger partial charge in [-0.05, 0) is 42.6 Å². The number of ether oxygens (including phenoxy) is 2. The van der Waals surface area contributed by atoms with Crippen molar-refractivity contribution in [2.75, 3.05) is 25.1 Å². The lowest BCUT2D eigenvalue weighted by molar-refractivity contribution is 0.0335. The molecule has 0 aliphatic rings. The molecule has 0 bridgehead atoms. The topological polar surface area (TPSA) is 80.7 Å². The van der Waals surface area contributed by atoms with Crippen molar-refractivity contribution in [2.24, 2.45) is 0 Å². The van der Waals surface area contributed by atoms with Crippen molar-refractivity contribution in [3.63, 3.8) is 0 Å². The number of hydrogen-bond donors (Lipinski definition) is 2. The first-order valence-corrected chi connectivity index (χ1v) is 11.3. The van der Waals surface area contributed by atoms with Crippen molar-refractivity contribution >= 4 is 33.9 Å². The smallest absolute Gasteiger partial charge is 0.338 e. The molecule has 0 spiro atoms. The summed E-state index contributed by atoms with van der Waals surface area (Å²) in [6, 6.07) is 18.4. The van der Waals surface area contributed by atoms with E-state index in [1.165, 1.54) is 0 Å². The summed E-state index contributed by atoms with van der Waals surface area (Å²) in [5.41, 5.74) is 2.45. The highest BCUT2D eigenvalue weighted by molar-refractivity contribution is 7.10. The summed E-state index contributed by atoms with van der Waals surface area (Å²) >= 11 is 1.59. The van der Waals surface area contributed by atoms with Crippen molar-refractivity contribution < 1.29 is 19.4 Å². The average Bonchev–Trinajstić information content (AvgIpc) is 3.36. The van der Waals surface area contributed by atoms with E-state index in [0.717, 1.165) is 16.0 Å². The number of benzene rings is 2. The number of carbonyl (C=O) groups is 1. The van der Waals surface area contributed by atoms with Gasteiger partial charge in [-0.2, -0.15) is 0 Å². The van der Waals surface area contributed by atoms with Crippen LogP contribution in [-0.2, 0) is 9.47 Å². The fraction of sp³-hybridized carbons (Fsp3) is 0.200. The molecule has 2 heterocycles. The number of fused-ring (bicyclic) bond motifs is 1. The summed E-state index contributed by atoms with van der Waals surface area (Å²) in [6.45, 7) is 3.05. The number of thiophene rings is 1. The lowest BCUT2D eigenvalue weighted by Crippen LogP contribution is -2.13. The minimum absolute atomic E-state index is 0.139. The van der Waals surface area contributed by atoms with Crippen molar-refractivity contribution in [3.05, 3.63) is 88.2 Å². The van der Waals surface area contributed by atoms with Gasteiger partial charge in [-0.3, -0.25) is 4.98 Å². The zero-order valence-electron chi connectivity index (χ0n) is 17.7. The van der Waals surface area contributed by atoms with Gasteiger partial charge in [0, 0.05) is 34.3 Å². The number of pyridine rings is 1. The average molecular weight is 449 g/mol. The monoisotopic (exact) mass is 448 g/mol. The third kappa shape index (κ3) is 4.90. The molecule has 0 aliphatic heterocycles.